The highest BCUT2D eigenvalue weighted by Gasteiger charge is 2.17. The predicted octanol–water partition coefficient (Wildman–Crippen LogP) is 3.01. The Hall–Kier alpha value is -3.65. The summed E-state index contributed by atoms with van der Waals surface area (Å²) in [6, 6.07) is 17.0. The highest BCUT2D eigenvalue weighted by Crippen LogP contribution is 2.21. The first kappa shape index (κ1) is 25.4. The predicted molar refractivity (Wildman–Crippen MR) is 119 cm³/mol. The maximum atomic E-state index is 12.8. The van der Waals surface area contributed by atoms with Gasteiger partial charge in [0.15, 0.2) is 0 Å². The van der Waals surface area contributed by atoms with Crippen LogP contribution in [0.1, 0.15) is 17.3 Å². The molecule has 0 fully saturated rings. The van der Waals surface area contributed by atoms with Crippen LogP contribution in [0.15, 0.2) is 66.7 Å². The molecule has 0 spiro atoms. The fourth-order valence-electron chi connectivity index (χ4n) is 2.42. The van der Waals surface area contributed by atoms with Crippen LogP contribution in [0.3, 0.4) is 0 Å². The summed E-state index contributed by atoms with van der Waals surface area (Å²) in [4.78, 5) is 35.8. The number of ether oxygens (including phenoxy) is 1. The lowest BCUT2D eigenvalue weighted by molar-refractivity contribution is -0.134. The molecule has 0 aliphatic rings. The van der Waals surface area contributed by atoms with E-state index in [1.165, 1.54) is 0 Å². The summed E-state index contributed by atoms with van der Waals surface area (Å²) in [6.07, 6.45) is 1.12. The third-order valence-electron chi connectivity index (χ3n) is 3.86. The number of carboxylic acids is 2. The summed E-state index contributed by atoms with van der Waals surface area (Å²) in [5, 5.41) is 15.6. The van der Waals surface area contributed by atoms with Crippen LogP contribution in [-0.4, -0.2) is 66.8 Å². The lowest BCUT2D eigenvalue weighted by atomic mass is 10.1. The van der Waals surface area contributed by atoms with E-state index in [9.17, 15) is 14.4 Å². The lowest BCUT2D eigenvalue weighted by Gasteiger charge is -2.25. The molecule has 0 bridgehead atoms. The minimum atomic E-state index is -1.26. The summed E-state index contributed by atoms with van der Waals surface area (Å²) in [7, 11) is 4.01. The number of hydrogen-bond donors (Lipinski definition) is 2. The highest BCUT2D eigenvalue weighted by atomic mass is 16.5. The molecule has 0 atom stereocenters. The molecule has 0 aliphatic carbocycles. The molecule has 0 unspecified atom stereocenters. The van der Waals surface area contributed by atoms with Gasteiger partial charge >= 0.3 is 11.9 Å². The molecule has 0 aliphatic heterocycles. The summed E-state index contributed by atoms with van der Waals surface area (Å²) < 4.78 is 5.47. The average Bonchev–Trinajstić information content (AvgIpc) is 2.74. The summed E-state index contributed by atoms with van der Waals surface area (Å²) in [6.45, 7) is 4.02. The van der Waals surface area contributed by atoms with Gasteiger partial charge in [-0.3, -0.25) is 4.79 Å². The molecule has 166 valence electrons. The molecule has 0 saturated heterocycles. The van der Waals surface area contributed by atoms with Crippen molar-refractivity contribution in [2.75, 3.05) is 38.7 Å². The molecule has 0 saturated carbocycles. The number of carbonyl (C=O) groups excluding carboxylic acids is 1. The molecule has 0 radical (unpaired) electrons. The molecule has 2 aromatic rings. The Morgan fingerprint density at radius 3 is 1.87 bits per heavy atom. The van der Waals surface area contributed by atoms with E-state index in [4.69, 9.17) is 14.9 Å². The van der Waals surface area contributed by atoms with Crippen molar-refractivity contribution >= 4 is 23.5 Å². The van der Waals surface area contributed by atoms with Crippen LogP contribution in [0.4, 0.5) is 5.69 Å². The Bertz CT molecular complexity index is 847. The van der Waals surface area contributed by atoms with Crippen molar-refractivity contribution < 1.29 is 29.3 Å². The fraction of sp³-hybridized carbons (Fsp3) is 0.261. The van der Waals surface area contributed by atoms with Gasteiger partial charge in [-0.2, -0.15) is 0 Å². The maximum Gasteiger partial charge on any atom is 0.328 e. The monoisotopic (exact) mass is 428 g/mol. The van der Waals surface area contributed by atoms with Crippen LogP contribution in [0.5, 0.6) is 5.75 Å². The largest absolute Gasteiger partial charge is 0.494 e. The van der Waals surface area contributed by atoms with E-state index in [0.717, 1.165) is 18.0 Å². The number of rotatable bonds is 9. The molecular formula is C23H28N2O6. The molecule has 1 amide bonds. The van der Waals surface area contributed by atoms with E-state index in [0.29, 0.717) is 30.9 Å². The van der Waals surface area contributed by atoms with Crippen molar-refractivity contribution in [3.05, 3.63) is 72.3 Å². The normalized spacial score (nSPS) is 10.3. The van der Waals surface area contributed by atoms with Crippen LogP contribution in [0, 0.1) is 0 Å². The maximum absolute atomic E-state index is 12.8. The number of anilines is 1. The number of benzene rings is 2. The third-order valence-corrected chi connectivity index (χ3v) is 3.86. The zero-order valence-electron chi connectivity index (χ0n) is 17.9. The van der Waals surface area contributed by atoms with Crippen LogP contribution < -0.4 is 9.64 Å². The van der Waals surface area contributed by atoms with Crippen molar-refractivity contribution in [2.45, 2.75) is 6.92 Å². The van der Waals surface area contributed by atoms with E-state index in [2.05, 4.69) is 4.90 Å². The fourth-order valence-corrected chi connectivity index (χ4v) is 2.42. The quantitative estimate of drug-likeness (QED) is 0.591. The first-order valence-electron chi connectivity index (χ1n) is 9.63. The minimum Gasteiger partial charge on any atom is -0.494 e. The van der Waals surface area contributed by atoms with Crippen molar-refractivity contribution in [2.24, 2.45) is 0 Å². The van der Waals surface area contributed by atoms with Gasteiger partial charge in [0, 0.05) is 36.5 Å². The molecule has 0 aromatic heterocycles. The Morgan fingerprint density at radius 1 is 0.871 bits per heavy atom. The number of likely N-dealkylation sites (N-methyl/N-ethyl adjacent to an activating group) is 1. The topological polar surface area (TPSA) is 107 Å². The first-order chi connectivity index (χ1) is 14.7. The van der Waals surface area contributed by atoms with Gasteiger partial charge in [-0.25, -0.2) is 9.59 Å². The minimum absolute atomic E-state index is 0.0107. The Balaban J connectivity index is 0.000000512. The molecule has 0 heterocycles. The summed E-state index contributed by atoms with van der Waals surface area (Å²) in [5.74, 6) is -1.69. The SMILES string of the molecule is CCOc1ccc(N(CCN(C)C)C(=O)c2ccccc2)cc1.O=C(O)/C=C/C(=O)O. The molecule has 2 N–H and O–H groups in total. The number of carbonyl (C=O) groups is 3. The van der Waals surface area contributed by atoms with Crippen LogP contribution in [0.2, 0.25) is 0 Å². The Kier molecular flexibility index (Phi) is 11.1. The van der Waals surface area contributed by atoms with Crippen molar-refractivity contribution in [1.29, 1.82) is 0 Å². The second-order valence-electron chi connectivity index (χ2n) is 6.56. The smallest absolute Gasteiger partial charge is 0.328 e. The standard InChI is InChI=1S/C19H24N2O2.C4H4O4/c1-4-23-18-12-10-17(11-13-18)21(15-14-20(2)3)19(22)16-8-6-5-7-9-16;5-3(6)1-2-4(7)8/h5-13H,4,14-15H2,1-3H3;1-2H,(H,5,6)(H,7,8)/b;2-1+. The molecule has 8 heteroatoms. The zero-order valence-corrected chi connectivity index (χ0v) is 17.9. The van der Waals surface area contributed by atoms with Gasteiger partial charge in [0.05, 0.1) is 6.61 Å². The molecule has 8 nitrogen and oxygen atoms in total. The van der Waals surface area contributed by atoms with Crippen LogP contribution in [0.25, 0.3) is 0 Å². The number of amides is 1. The molecule has 31 heavy (non-hydrogen) atoms. The number of nitrogens with zero attached hydrogens (tertiary/aromatic N) is 2. The number of carboxylic acid groups (broad SMARTS) is 2. The van der Waals surface area contributed by atoms with E-state index in [1.54, 1.807) is 0 Å². The third kappa shape index (κ3) is 10.1. The van der Waals surface area contributed by atoms with Crippen LogP contribution in [-0.2, 0) is 9.59 Å². The number of hydrogen-bond acceptors (Lipinski definition) is 5. The first-order valence-corrected chi connectivity index (χ1v) is 9.63. The van der Waals surface area contributed by atoms with Gasteiger partial charge in [-0.05, 0) is 57.4 Å². The highest BCUT2D eigenvalue weighted by molar-refractivity contribution is 6.06. The van der Waals surface area contributed by atoms with Crippen LogP contribution >= 0.6 is 0 Å². The van der Waals surface area contributed by atoms with Gasteiger partial charge in [-0.1, -0.05) is 18.2 Å². The van der Waals surface area contributed by atoms with Gasteiger partial charge in [-0.15, -0.1) is 0 Å². The van der Waals surface area contributed by atoms with Gasteiger partial charge in [0.2, 0.25) is 0 Å². The van der Waals surface area contributed by atoms with Gasteiger partial charge in [0.1, 0.15) is 5.75 Å². The van der Waals surface area contributed by atoms with Crippen molar-refractivity contribution in [3.8, 4) is 5.75 Å². The van der Waals surface area contributed by atoms with E-state index in [1.807, 2.05) is 80.5 Å². The van der Waals surface area contributed by atoms with E-state index in [-0.39, 0.29) is 5.91 Å². The second kappa shape index (κ2) is 13.6. The molecule has 2 aromatic carbocycles. The van der Waals surface area contributed by atoms with Gasteiger partial charge in [0.25, 0.3) is 5.91 Å². The van der Waals surface area contributed by atoms with E-state index >= 15 is 0 Å². The second-order valence-corrected chi connectivity index (χ2v) is 6.56. The van der Waals surface area contributed by atoms with Crippen molar-refractivity contribution in [3.63, 3.8) is 0 Å². The summed E-state index contributed by atoms with van der Waals surface area (Å²) in [5.41, 5.74) is 1.57. The Morgan fingerprint density at radius 2 is 1.42 bits per heavy atom. The molecule has 2 rings (SSSR count). The molecular weight excluding hydrogens is 400 g/mol. The van der Waals surface area contributed by atoms with Crippen molar-refractivity contribution in [1.82, 2.24) is 4.90 Å². The average molecular weight is 428 g/mol. The zero-order chi connectivity index (χ0) is 23.2. The Labute approximate surface area is 182 Å². The van der Waals surface area contributed by atoms with E-state index < -0.39 is 11.9 Å². The summed E-state index contributed by atoms with van der Waals surface area (Å²) >= 11 is 0. The number of aliphatic carboxylic acids is 2. The van der Waals surface area contributed by atoms with Gasteiger partial charge < -0.3 is 24.7 Å². The lowest BCUT2D eigenvalue weighted by Crippen LogP contribution is -2.36.